The van der Waals surface area contributed by atoms with Gasteiger partial charge in [-0.1, -0.05) is 41.9 Å². The normalized spacial score (nSPS) is 19.4. The standard InChI is InChI=1S/C19H20ClNO2.ClH/c1-21(2)12-11-19(15-7-9-16(20)10-8-15)13-14-5-3-4-6-17(14)18(22)23-19;/h3-10H,11-13H2,1-2H3;1H/p-1. The molecule has 0 bridgehead atoms. The molecule has 0 saturated carbocycles. The summed E-state index contributed by atoms with van der Waals surface area (Å²) < 4.78 is 5.97. The topological polar surface area (TPSA) is 29.5 Å². The van der Waals surface area contributed by atoms with E-state index in [9.17, 15) is 4.79 Å². The van der Waals surface area contributed by atoms with Gasteiger partial charge in [0.25, 0.3) is 0 Å². The average molecular weight is 365 g/mol. The van der Waals surface area contributed by atoms with Gasteiger partial charge in [0, 0.05) is 24.4 Å². The smallest absolute Gasteiger partial charge is 0.339 e. The maximum atomic E-state index is 12.5. The first-order chi connectivity index (χ1) is 11.0. The molecule has 1 aliphatic rings. The monoisotopic (exact) mass is 364 g/mol. The molecule has 1 atom stereocenters. The Kier molecular flexibility index (Phi) is 5.92. The fourth-order valence-electron chi connectivity index (χ4n) is 3.05. The molecule has 5 heteroatoms. The second-order valence-electron chi connectivity index (χ2n) is 6.28. The van der Waals surface area contributed by atoms with Crippen LogP contribution in [0.3, 0.4) is 0 Å². The van der Waals surface area contributed by atoms with Crippen LogP contribution in [0.15, 0.2) is 48.5 Å². The van der Waals surface area contributed by atoms with Crippen molar-refractivity contribution in [3.63, 3.8) is 0 Å². The number of rotatable bonds is 4. The molecular weight excluding hydrogens is 345 g/mol. The SMILES string of the molecule is CN(C)CCC1(c2ccc(Cl)cc2)Cc2ccccc2C(=O)O1.[Cl-]. The number of cyclic esters (lactones) is 1. The van der Waals surface area contributed by atoms with E-state index >= 15 is 0 Å². The molecule has 0 aliphatic carbocycles. The highest BCUT2D eigenvalue weighted by molar-refractivity contribution is 6.30. The first kappa shape index (κ1) is 18.8. The van der Waals surface area contributed by atoms with Crippen molar-refractivity contribution in [2.45, 2.75) is 18.4 Å². The van der Waals surface area contributed by atoms with Gasteiger partial charge < -0.3 is 22.0 Å². The summed E-state index contributed by atoms with van der Waals surface area (Å²) in [7, 11) is 4.04. The molecule has 0 amide bonds. The van der Waals surface area contributed by atoms with E-state index in [0.717, 1.165) is 24.1 Å². The molecule has 24 heavy (non-hydrogen) atoms. The Hall–Kier alpha value is -1.55. The van der Waals surface area contributed by atoms with Crippen LogP contribution in [0.2, 0.25) is 5.02 Å². The molecule has 2 aromatic carbocycles. The lowest BCUT2D eigenvalue weighted by Gasteiger charge is -2.38. The number of carbonyl (C=O) groups excluding carboxylic acids is 1. The summed E-state index contributed by atoms with van der Waals surface area (Å²) in [6.07, 6.45) is 1.42. The summed E-state index contributed by atoms with van der Waals surface area (Å²) in [4.78, 5) is 14.6. The number of carbonyl (C=O) groups is 1. The van der Waals surface area contributed by atoms with Crippen LogP contribution in [0.4, 0.5) is 0 Å². The third kappa shape index (κ3) is 3.75. The molecule has 3 nitrogen and oxygen atoms in total. The van der Waals surface area contributed by atoms with Crippen molar-refractivity contribution >= 4 is 17.6 Å². The van der Waals surface area contributed by atoms with Crippen LogP contribution in [0.1, 0.15) is 27.9 Å². The third-order valence-electron chi connectivity index (χ3n) is 4.33. The number of ether oxygens (including phenoxy) is 1. The molecular formula is C19H20Cl2NO2-. The maximum Gasteiger partial charge on any atom is 0.339 e. The summed E-state index contributed by atoms with van der Waals surface area (Å²) >= 11 is 6.02. The number of esters is 1. The maximum absolute atomic E-state index is 12.5. The Morgan fingerprint density at radius 1 is 1.12 bits per heavy atom. The third-order valence-corrected chi connectivity index (χ3v) is 4.59. The first-order valence-corrected chi connectivity index (χ1v) is 8.10. The molecule has 0 radical (unpaired) electrons. The van der Waals surface area contributed by atoms with Crippen molar-refractivity contribution in [1.29, 1.82) is 0 Å². The van der Waals surface area contributed by atoms with Crippen molar-refractivity contribution in [3.05, 3.63) is 70.2 Å². The van der Waals surface area contributed by atoms with E-state index in [4.69, 9.17) is 16.3 Å². The predicted molar refractivity (Wildman–Crippen MR) is 91.9 cm³/mol. The molecule has 0 spiro atoms. The van der Waals surface area contributed by atoms with Crippen LogP contribution in [0.25, 0.3) is 0 Å². The lowest BCUT2D eigenvalue weighted by atomic mass is 9.81. The Morgan fingerprint density at radius 3 is 2.46 bits per heavy atom. The van der Waals surface area contributed by atoms with Crippen LogP contribution in [0, 0.1) is 0 Å². The number of halogens is 2. The van der Waals surface area contributed by atoms with Gasteiger partial charge in [-0.2, -0.15) is 0 Å². The van der Waals surface area contributed by atoms with E-state index in [1.54, 1.807) is 0 Å². The van der Waals surface area contributed by atoms with Crippen LogP contribution in [-0.4, -0.2) is 31.5 Å². The second-order valence-corrected chi connectivity index (χ2v) is 6.71. The highest BCUT2D eigenvalue weighted by Gasteiger charge is 2.41. The summed E-state index contributed by atoms with van der Waals surface area (Å²) in [6.45, 7) is 0.831. The van der Waals surface area contributed by atoms with Gasteiger partial charge in [0.15, 0.2) is 0 Å². The van der Waals surface area contributed by atoms with Gasteiger partial charge in [0.05, 0.1) is 5.56 Å². The minimum Gasteiger partial charge on any atom is -1.00 e. The molecule has 0 N–H and O–H groups in total. The lowest BCUT2D eigenvalue weighted by Crippen LogP contribution is -3.00. The number of nitrogens with zero attached hydrogens (tertiary/aromatic N) is 1. The van der Waals surface area contributed by atoms with E-state index in [-0.39, 0.29) is 18.4 Å². The fraction of sp³-hybridized carbons (Fsp3) is 0.316. The van der Waals surface area contributed by atoms with Crippen molar-refractivity contribution in [2.75, 3.05) is 20.6 Å². The van der Waals surface area contributed by atoms with Crippen LogP contribution in [0.5, 0.6) is 0 Å². The molecule has 0 saturated heterocycles. The van der Waals surface area contributed by atoms with E-state index in [2.05, 4.69) is 4.90 Å². The Bertz CT molecular complexity index is 716. The minimum atomic E-state index is -0.639. The van der Waals surface area contributed by atoms with Gasteiger partial charge in [-0.3, -0.25) is 0 Å². The van der Waals surface area contributed by atoms with Crippen molar-refractivity contribution in [3.8, 4) is 0 Å². The molecule has 1 aliphatic heterocycles. The summed E-state index contributed by atoms with van der Waals surface area (Å²) in [5.41, 5.74) is 2.06. The van der Waals surface area contributed by atoms with Crippen molar-refractivity contribution < 1.29 is 21.9 Å². The first-order valence-electron chi connectivity index (χ1n) is 7.72. The second kappa shape index (κ2) is 7.56. The molecule has 0 aromatic heterocycles. The number of hydrogen-bond acceptors (Lipinski definition) is 3. The zero-order valence-corrected chi connectivity index (χ0v) is 15.3. The van der Waals surface area contributed by atoms with E-state index in [0.29, 0.717) is 17.0 Å². The fourth-order valence-corrected chi connectivity index (χ4v) is 3.18. The zero-order chi connectivity index (χ0) is 16.4. The van der Waals surface area contributed by atoms with Gasteiger partial charge in [-0.25, -0.2) is 4.79 Å². The zero-order valence-electron chi connectivity index (χ0n) is 13.8. The Morgan fingerprint density at radius 2 is 1.79 bits per heavy atom. The van der Waals surface area contributed by atoms with E-state index in [1.165, 1.54) is 0 Å². The number of hydrogen-bond donors (Lipinski definition) is 0. The average Bonchev–Trinajstić information content (AvgIpc) is 2.53. The molecule has 128 valence electrons. The van der Waals surface area contributed by atoms with Gasteiger partial charge in [-0.15, -0.1) is 0 Å². The van der Waals surface area contributed by atoms with Crippen LogP contribution in [-0.2, 0) is 16.8 Å². The highest BCUT2D eigenvalue weighted by Crippen LogP contribution is 2.39. The largest absolute Gasteiger partial charge is 1.00 e. The molecule has 3 rings (SSSR count). The minimum absolute atomic E-state index is 0. The van der Waals surface area contributed by atoms with Gasteiger partial charge in [-0.05, 0) is 43.4 Å². The quantitative estimate of drug-likeness (QED) is 0.755. The van der Waals surface area contributed by atoms with Crippen LogP contribution < -0.4 is 12.4 Å². The van der Waals surface area contributed by atoms with Gasteiger partial charge in [0.1, 0.15) is 5.60 Å². The summed E-state index contributed by atoms with van der Waals surface area (Å²) in [5.74, 6) is -0.249. The predicted octanol–water partition coefficient (Wildman–Crippen LogP) is 0.904. The molecule has 2 aromatic rings. The molecule has 1 heterocycles. The van der Waals surface area contributed by atoms with Crippen molar-refractivity contribution in [2.24, 2.45) is 0 Å². The lowest BCUT2D eigenvalue weighted by molar-refractivity contribution is -0.0355. The summed E-state index contributed by atoms with van der Waals surface area (Å²) in [5, 5.41) is 0.680. The van der Waals surface area contributed by atoms with Crippen LogP contribution >= 0.6 is 11.6 Å². The Labute approximate surface area is 154 Å². The molecule has 0 fully saturated rings. The van der Waals surface area contributed by atoms with E-state index in [1.807, 2.05) is 62.6 Å². The number of benzene rings is 2. The van der Waals surface area contributed by atoms with Crippen molar-refractivity contribution in [1.82, 2.24) is 4.90 Å². The van der Waals surface area contributed by atoms with Gasteiger partial charge in [0.2, 0.25) is 0 Å². The Balaban J connectivity index is 0.00000208. The number of fused-ring (bicyclic) bond motifs is 1. The van der Waals surface area contributed by atoms with Gasteiger partial charge >= 0.3 is 5.97 Å². The van der Waals surface area contributed by atoms with E-state index < -0.39 is 5.60 Å². The highest BCUT2D eigenvalue weighted by atomic mass is 35.5. The summed E-state index contributed by atoms with van der Waals surface area (Å²) in [6, 6.07) is 15.3. The molecule has 1 unspecified atom stereocenters.